The number of nitrogens with two attached hydrogens (primary N) is 1. The van der Waals surface area contributed by atoms with Gasteiger partial charge in [0.15, 0.2) is 0 Å². The van der Waals surface area contributed by atoms with Crippen molar-refractivity contribution in [3.05, 3.63) is 103 Å². The Hall–Kier alpha value is -4.34. The standard InChI is InChI=1S/C22H19N3O7/c1-12-10-16-18(21(26)24(12)11-15-4-3-9-31-15)17(19(20(23)32-16)22(27)30-2)13-5-7-14(8-6-13)25(28)29/h3-10,17H,11,23H2,1-2H3/t17-/m0/s1. The van der Waals surface area contributed by atoms with Gasteiger partial charge in [-0.1, -0.05) is 12.1 Å². The van der Waals surface area contributed by atoms with E-state index in [1.165, 1.54) is 42.2 Å². The minimum absolute atomic E-state index is 0.0562. The summed E-state index contributed by atoms with van der Waals surface area (Å²) >= 11 is 0. The summed E-state index contributed by atoms with van der Waals surface area (Å²) < 4.78 is 17.4. The van der Waals surface area contributed by atoms with E-state index in [1.807, 2.05) is 0 Å². The van der Waals surface area contributed by atoms with Crippen LogP contribution in [0.4, 0.5) is 5.69 Å². The molecule has 0 unspecified atom stereocenters. The first kappa shape index (κ1) is 20.9. The number of nitro groups is 1. The van der Waals surface area contributed by atoms with E-state index in [0.29, 0.717) is 17.0 Å². The second-order valence-corrected chi connectivity index (χ2v) is 7.19. The zero-order valence-electron chi connectivity index (χ0n) is 17.2. The van der Waals surface area contributed by atoms with Crippen LogP contribution in [-0.2, 0) is 16.1 Å². The largest absolute Gasteiger partial charge is 0.467 e. The Bertz CT molecular complexity index is 1290. The van der Waals surface area contributed by atoms with E-state index in [0.717, 1.165) is 0 Å². The van der Waals surface area contributed by atoms with Crippen LogP contribution in [0.25, 0.3) is 0 Å². The van der Waals surface area contributed by atoms with Gasteiger partial charge in [0.1, 0.15) is 17.1 Å². The highest BCUT2D eigenvalue weighted by molar-refractivity contribution is 5.92. The summed E-state index contributed by atoms with van der Waals surface area (Å²) in [6.07, 6.45) is 1.51. The molecular formula is C22H19N3O7. The summed E-state index contributed by atoms with van der Waals surface area (Å²) in [4.78, 5) is 36.7. The maximum atomic E-state index is 13.6. The summed E-state index contributed by atoms with van der Waals surface area (Å²) in [7, 11) is 1.19. The van der Waals surface area contributed by atoms with Crippen molar-refractivity contribution in [3.63, 3.8) is 0 Å². The van der Waals surface area contributed by atoms with Crippen molar-refractivity contribution in [2.75, 3.05) is 7.11 Å². The SMILES string of the molecule is COC(=O)C1=C(N)Oc2cc(C)n(Cc3ccco3)c(=O)c2[C@@H]1c1ccc([N+](=O)[O-])cc1. The quantitative estimate of drug-likeness (QED) is 0.365. The second-order valence-electron chi connectivity index (χ2n) is 7.19. The molecule has 1 aliphatic heterocycles. The summed E-state index contributed by atoms with van der Waals surface area (Å²) in [5.41, 5.74) is 6.68. The lowest BCUT2D eigenvalue weighted by molar-refractivity contribution is -0.384. The highest BCUT2D eigenvalue weighted by atomic mass is 16.6. The molecule has 0 saturated carbocycles. The first-order valence-corrected chi connectivity index (χ1v) is 9.58. The van der Waals surface area contributed by atoms with E-state index in [4.69, 9.17) is 19.6 Å². The van der Waals surface area contributed by atoms with Crippen LogP contribution in [0, 0.1) is 17.0 Å². The molecule has 0 radical (unpaired) electrons. The monoisotopic (exact) mass is 437 g/mol. The third-order valence-electron chi connectivity index (χ3n) is 5.31. The van der Waals surface area contributed by atoms with Crippen molar-refractivity contribution in [2.45, 2.75) is 19.4 Å². The number of ether oxygens (including phenoxy) is 2. The number of benzene rings is 1. The zero-order chi connectivity index (χ0) is 23.0. The second kappa shape index (κ2) is 8.06. The Morgan fingerprint density at radius 3 is 2.59 bits per heavy atom. The van der Waals surface area contributed by atoms with Crippen molar-refractivity contribution < 1.29 is 23.6 Å². The van der Waals surface area contributed by atoms with Crippen LogP contribution in [0.5, 0.6) is 5.75 Å². The zero-order valence-corrected chi connectivity index (χ0v) is 17.2. The minimum Gasteiger partial charge on any atom is -0.467 e. The number of carbonyl (C=O) groups is 1. The Morgan fingerprint density at radius 1 is 1.28 bits per heavy atom. The van der Waals surface area contributed by atoms with Gasteiger partial charge in [0.05, 0.1) is 36.3 Å². The van der Waals surface area contributed by atoms with Gasteiger partial charge in [-0.15, -0.1) is 0 Å². The number of methoxy groups -OCH3 is 1. The number of hydrogen-bond donors (Lipinski definition) is 1. The van der Waals surface area contributed by atoms with Gasteiger partial charge < -0.3 is 24.2 Å². The molecule has 0 spiro atoms. The molecule has 1 aliphatic rings. The van der Waals surface area contributed by atoms with Gasteiger partial charge in [-0.25, -0.2) is 4.79 Å². The molecule has 2 N–H and O–H groups in total. The number of carbonyl (C=O) groups excluding carboxylic acids is 1. The predicted octanol–water partition coefficient (Wildman–Crippen LogP) is 2.57. The van der Waals surface area contributed by atoms with Gasteiger partial charge >= 0.3 is 5.97 Å². The number of furan rings is 1. The molecule has 1 atom stereocenters. The topological polar surface area (TPSA) is 140 Å². The molecule has 1 aromatic carbocycles. The molecular weight excluding hydrogens is 418 g/mol. The molecule has 0 amide bonds. The van der Waals surface area contributed by atoms with Gasteiger partial charge in [0.25, 0.3) is 11.2 Å². The summed E-state index contributed by atoms with van der Waals surface area (Å²) in [5.74, 6) is -1.13. The van der Waals surface area contributed by atoms with Crippen LogP contribution < -0.4 is 16.0 Å². The number of fused-ring (bicyclic) bond motifs is 1. The molecule has 0 aliphatic carbocycles. The summed E-state index contributed by atoms with van der Waals surface area (Å²) in [5, 5.41) is 11.1. The Labute approximate surface area is 181 Å². The van der Waals surface area contributed by atoms with Crippen molar-refractivity contribution >= 4 is 11.7 Å². The Kier molecular flexibility index (Phi) is 5.27. The van der Waals surface area contributed by atoms with Crippen molar-refractivity contribution in [2.24, 2.45) is 5.73 Å². The summed E-state index contributed by atoms with van der Waals surface area (Å²) in [6.45, 7) is 1.91. The maximum absolute atomic E-state index is 13.6. The number of non-ortho nitro benzene ring substituents is 1. The van der Waals surface area contributed by atoms with Crippen LogP contribution in [0.3, 0.4) is 0 Å². The van der Waals surface area contributed by atoms with E-state index in [-0.39, 0.29) is 35.0 Å². The normalized spacial score (nSPS) is 15.1. The lowest BCUT2D eigenvalue weighted by atomic mass is 9.83. The minimum atomic E-state index is -0.942. The first-order valence-electron chi connectivity index (χ1n) is 9.58. The summed E-state index contributed by atoms with van der Waals surface area (Å²) in [6, 6.07) is 10.7. The lowest BCUT2D eigenvalue weighted by Crippen LogP contribution is -2.35. The number of esters is 1. The van der Waals surface area contributed by atoms with E-state index in [1.54, 1.807) is 25.1 Å². The molecule has 4 rings (SSSR count). The fourth-order valence-corrected chi connectivity index (χ4v) is 3.77. The average molecular weight is 437 g/mol. The van der Waals surface area contributed by atoms with E-state index in [2.05, 4.69) is 0 Å². The number of hydrogen-bond acceptors (Lipinski definition) is 8. The van der Waals surface area contributed by atoms with Crippen molar-refractivity contribution in [3.8, 4) is 5.75 Å². The average Bonchev–Trinajstić information content (AvgIpc) is 3.28. The number of nitro benzene ring substituents is 1. The predicted molar refractivity (Wildman–Crippen MR) is 112 cm³/mol. The maximum Gasteiger partial charge on any atom is 0.340 e. The fraction of sp³-hybridized carbons (Fsp3) is 0.182. The van der Waals surface area contributed by atoms with Gasteiger partial charge in [-0.05, 0) is 24.6 Å². The van der Waals surface area contributed by atoms with Gasteiger partial charge in [0, 0.05) is 23.9 Å². The number of aromatic nitrogens is 1. The fourth-order valence-electron chi connectivity index (χ4n) is 3.77. The van der Waals surface area contributed by atoms with Gasteiger partial charge in [-0.3, -0.25) is 14.9 Å². The molecule has 164 valence electrons. The molecule has 32 heavy (non-hydrogen) atoms. The molecule has 0 saturated heterocycles. The van der Waals surface area contributed by atoms with Crippen molar-refractivity contribution in [1.82, 2.24) is 4.57 Å². The molecule has 10 heteroatoms. The number of aryl methyl sites for hydroxylation is 1. The molecule has 10 nitrogen and oxygen atoms in total. The highest BCUT2D eigenvalue weighted by Crippen LogP contribution is 2.41. The molecule has 3 aromatic rings. The molecule has 2 aromatic heterocycles. The van der Waals surface area contributed by atoms with E-state index in [9.17, 15) is 19.7 Å². The smallest absolute Gasteiger partial charge is 0.340 e. The van der Waals surface area contributed by atoms with Crippen LogP contribution in [-0.4, -0.2) is 22.6 Å². The lowest BCUT2D eigenvalue weighted by Gasteiger charge is -2.28. The molecule has 0 bridgehead atoms. The molecule has 0 fully saturated rings. The number of pyridine rings is 1. The van der Waals surface area contributed by atoms with Crippen LogP contribution in [0.1, 0.15) is 28.5 Å². The van der Waals surface area contributed by atoms with E-state index >= 15 is 0 Å². The van der Waals surface area contributed by atoms with Gasteiger partial charge in [0.2, 0.25) is 5.88 Å². The van der Waals surface area contributed by atoms with Crippen molar-refractivity contribution in [1.29, 1.82) is 0 Å². The first-order chi connectivity index (χ1) is 15.3. The highest BCUT2D eigenvalue weighted by Gasteiger charge is 2.38. The van der Waals surface area contributed by atoms with Crippen LogP contribution >= 0.6 is 0 Å². The number of nitrogens with zero attached hydrogens (tertiary/aromatic N) is 2. The Balaban J connectivity index is 1.94. The molecule has 3 heterocycles. The number of rotatable bonds is 5. The van der Waals surface area contributed by atoms with E-state index < -0.39 is 22.4 Å². The third-order valence-corrected chi connectivity index (χ3v) is 5.31. The third kappa shape index (κ3) is 3.51. The van der Waals surface area contributed by atoms with Crippen LogP contribution in [0.2, 0.25) is 0 Å². The Morgan fingerprint density at radius 2 is 2.00 bits per heavy atom. The van der Waals surface area contributed by atoms with Gasteiger partial charge in [-0.2, -0.15) is 0 Å². The van der Waals surface area contributed by atoms with Crippen LogP contribution in [0.15, 0.2) is 69.4 Å².